The first-order chi connectivity index (χ1) is 5.65. The molecule has 4 heteroatoms. The van der Waals surface area contributed by atoms with Crippen LogP contribution >= 0.6 is 0 Å². The third-order valence-electron chi connectivity index (χ3n) is 2.79. The molecule has 0 aromatic heterocycles. The summed E-state index contributed by atoms with van der Waals surface area (Å²) in [6.07, 6.45) is 1.99. The van der Waals surface area contributed by atoms with Gasteiger partial charge in [0, 0.05) is 0 Å². The number of nitrogens with two attached hydrogens (primary N) is 1. The van der Waals surface area contributed by atoms with Crippen molar-refractivity contribution in [3.8, 4) is 0 Å². The SMILES string of the molecule is CCN1CCCC1(C)C(=O)NN. The fourth-order valence-corrected chi connectivity index (χ4v) is 1.94. The maximum atomic E-state index is 11.4. The highest BCUT2D eigenvalue weighted by atomic mass is 16.2. The van der Waals surface area contributed by atoms with Crippen molar-refractivity contribution in [2.24, 2.45) is 5.84 Å². The molecule has 0 aromatic rings. The molecule has 1 rings (SSSR count). The van der Waals surface area contributed by atoms with Crippen LogP contribution in [-0.4, -0.2) is 29.4 Å². The summed E-state index contributed by atoms with van der Waals surface area (Å²) in [6, 6.07) is 0. The molecule has 0 aromatic carbocycles. The molecule has 0 radical (unpaired) electrons. The fourth-order valence-electron chi connectivity index (χ4n) is 1.94. The number of hydrazine groups is 1. The lowest BCUT2D eigenvalue weighted by Gasteiger charge is -2.32. The van der Waals surface area contributed by atoms with Gasteiger partial charge in [0.15, 0.2) is 0 Å². The van der Waals surface area contributed by atoms with Crippen molar-refractivity contribution >= 4 is 5.91 Å². The van der Waals surface area contributed by atoms with E-state index in [4.69, 9.17) is 5.84 Å². The molecule has 1 aliphatic heterocycles. The second-order valence-electron chi connectivity index (χ2n) is 3.43. The van der Waals surface area contributed by atoms with Gasteiger partial charge < -0.3 is 0 Å². The topological polar surface area (TPSA) is 58.4 Å². The standard InChI is InChI=1S/C8H17N3O/c1-3-11-6-4-5-8(11,2)7(12)10-9/h3-6,9H2,1-2H3,(H,10,12). The molecule has 12 heavy (non-hydrogen) atoms. The van der Waals surface area contributed by atoms with Crippen LogP contribution in [-0.2, 0) is 4.79 Å². The molecular weight excluding hydrogens is 154 g/mol. The van der Waals surface area contributed by atoms with Crippen LogP contribution in [0.2, 0.25) is 0 Å². The smallest absolute Gasteiger partial charge is 0.254 e. The average Bonchev–Trinajstić information content (AvgIpc) is 2.46. The molecule has 1 saturated heterocycles. The molecule has 1 aliphatic rings. The van der Waals surface area contributed by atoms with E-state index in [9.17, 15) is 4.79 Å². The van der Waals surface area contributed by atoms with Crippen molar-refractivity contribution in [1.29, 1.82) is 0 Å². The van der Waals surface area contributed by atoms with E-state index in [1.807, 2.05) is 6.92 Å². The average molecular weight is 171 g/mol. The lowest BCUT2D eigenvalue weighted by Crippen LogP contribution is -2.55. The van der Waals surface area contributed by atoms with Crippen LogP contribution in [0, 0.1) is 0 Å². The van der Waals surface area contributed by atoms with E-state index in [2.05, 4.69) is 17.2 Å². The van der Waals surface area contributed by atoms with Gasteiger partial charge in [-0.15, -0.1) is 0 Å². The number of hydrogen-bond acceptors (Lipinski definition) is 3. The fraction of sp³-hybridized carbons (Fsp3) is 0.875. The molecule has 1 amide bonds. The number of likely N-dealkylation sites (tertiary alicyclic amines) is 1. The summed E-state index contributed by atoms with van der Waals surface area (Å²) in [5.41, 5.74) is 1.86. The number of likely N-dealkylation sites (N-methyl/N-ethyl adjacent to an activating group) is 1. The van der Waals surface area contributed by atoms with Crippen molar-refractivity contribution in [2.75, 3.05) is 13.1 Å². The van der Waals surface area contributed by atoms with Gasteiger partial charge >= 0.3 is 0 Å². The Morgan fingerprint density at radius 2 is 2.42 bits per heavy atom. The number of rotatable bonds is 2. The third kappa shape index (κ3) is 1.32. The predicted octanol–water partition coefficient (Wildman–Crippen LogP) is -0.149. The number of carbonyl (C=O) groups excluding carboxylic acids is 1. The lowest BCUT2D eigenvalue weighted by molar-refractivity contribution is -0.130. The van der Waals surface area contributed by atoms with E-state index in [-0.39, 0.29) is 11.4 Å². The molecule has 0 bridgehead atoms. The summed E-state index contributed by atoms with van der Waals surface area (Å²) in [4.78, 5) is 13.6. The molecule has 1 unspecified atom stereocenters. The second-order valence-corrected chi connectivity index (χ2v) is 3.43. The molecule has 1 atom stereocenters. The Balaban J connectivity index is 2.74. The summed E-state index contributed by atoms with van der Waals surface area (Å²) in [5, 5.41) is 0. The van der Waals surface area contributed by atoms with Gasteiger partial charge in [0.1, 0.15) is 0 Å². The van der Waals surface area contributed by atoms with Gasteiger partial charge in [-0.25, -0.2) is 5.84 Å². The van der Waals surface area contributed by atoms with E-state index in [0.29, 0.717) is 0 Å². The first-order valence-electron chi connectivity index (χ1n) is 4.41. The summed E-state index contributed by atoms with van der Waals surface area (Å²) in [7, 11) is 0. The summed E-state index contributed by atoms with van der Waals surface area (Å²) in [6.45, 7) is 5.92. The first-order valence-corrected chi connectivity index (χ1v) is 4.41. The zero-order valence-corrected chi connectivity index (χ0v) is 7.76. The highest BCUT2D eigenvalue weighted by Gasteiger charge is 2.41. The second kappa shape index (κ2) is 3.41. The molecule has 0 saturated carbocycles. The van der Waals surface area contributed by atoms with Crippen LogP contribution in [0.1, 0.15) is 26.7 Å². The van der Waals surface area contributed by atoms with Crippen LogP contribution in [0.4, 0.5) is 0 Å². The van der Waals surface area contributed by atoms with E-state index in [1.54, 1.807) is 0 Å². The van der Waals surface area contributed by atoms with E-state index < -0.39 is 0 Å². The minimum Gasteiger partial charge on any atom is -0.293 e. The predicted molar refractivity (Wildman–Crippen MR) is 47.2 cm³/mol. The van der Waals surface area contributed by atoms with Crippen LogP contribution < -0.4 is 11.3 Å². The van der Waals surface area contributed by atoms with Crippen molar-refractivity contribution in [3.63, 3.8) is 0 Å². The van der Waals surface area contributed by atoms with E-state index in [1.165, 1.54) is 0 Å². The van der Waals surface area contributed by atoms with Crippen LogP contribution in [0.15, 0.2) is 0 Å². The zero-order valence-electron chi connectivity index (χ0n) is 7.76. The molecule has 0 spiro atoms. The molecular formula is C8H17N3O. The molecule has 1 heterocycles. The number of nitrogens with one attached hydrogen (secondary N) is 1. The minimum atomic E-state index is -0.372. The van der Waals surface area contributed by atoms with E-state index in [0.717, 1.165) is 25.9 Å². The van der Waals surface area contributed by atoms with Gasteiger partial charge in [-0.2, -0.15) is 0 Å². The van der Waals surface area contributed by atoms with Crippen LogP contribution in [0.5, 0.6) is 0 Å². The molecule has 1 fully saturated rings. The Bertz CT molecular complexity index is 183. The molecule has 4 nitrogen and oxygen atoms in total. The third-order valence-corrected chi connectivity index (χ3v) is 2.79. The summed E-state index contributed by atoms with van der Waals surface area (Å²) >= 11 is 0. The Morgan fingerprint density at radius 3 is 2.92 bits per heavy atom. The highest BCUT2D eigenvalue weighted by Crippen LogP contribution is 2.28. The lowest BCUT2D eigenvalue weighted by atomic mass is 9.98. The van der Waals surface area contributed by atoms with Crippen LogP contribution in [0.25, 0.3) is 0 Å². The number of hydrogen-bond donors (Lipinski definition) is 2. The minimum absolute atomic E-state index is 0.0677. The summed E-state index contributed by atoms with van der Waals surface area (Å²) < 4.78 is 0. The Hall–Kier alpha value is -0.610. The Labute approximate surface area is 73.1 Å². The Morgan fingerprint density at radius 1 is 1.75 bits per heavy atom. The van der Waals surface area contributed by atoms with Crippen molar-refractivity contribution in [3.05, 3.63) is 0 Å². The molecule has 0 aliphatic carbocycles. The number of nitrogens with zero attached hydrogens (tertiary/aromatic N) is 1. The van der Waals surface area contributed by atoms with Crippen molar-refractivity contribution < 1.29 is 4.79 Å². The zero-order chi connectivity index (χ0) is 9.19. The largest absolute Gasteiger partial charge is 0.293 e. The van der Waals surface area contributed by atoms with Crippen molar-refractivity contribution in [2.45, 2.75) is 32.2 Å². The molecule has 3 N–H and O–H groups in total. The van der Waals surface area contributed by atoms with Gasteiger partial charge in [0.25, 0.3) is 5.91 Å². The van der Waals surface area contributed by atoms with Crippen molar-refractivity contribution in [1.82, 2.24) is 10.3 Å². The quantitative estimate of drug-likeness (QED) is 0.345. The number of carbonyl (C=O) groups is 1. The number of amides is 1. The highest BCUT2D eigenvalue weighted by molar-refractivity contribution is 5.85. The Kier molecular flexibility index (Phi) is 2.69. The van der Waals surface area contributed by atoms with E-state index >= 15 is 0 Å². The van der Waals surface area contributed by atoms with Gasteiger partial charge in [0.05, 0.1) is 5.54 Å². The first kappa shape index (κ1) is 9.48. The normalized spacial score (nSPS) is 30.6. The summed E-state index contributed by atoms with van der Waals surface area (Å²) in [5.74, 6) is 5.06. The van der Waals surface area contributed by atoms with Gasteiger partial charge in [0.2, 0.25) is 0 Å². The maximum absolute atomic E-state index is 11.4. The monoisotopic (exact) mass is 171 g/mol. The van der Waals surface area contributed by atoms with Crippen LogP contribution in [0.3, 0.4) is 0 Å². The van der Waals surface area contributed by atoms with Gasteiger partial charge in [-0.1, -0.05) is 6.92 Å². The molecule has 70 valence electrons. The van der Waals surface area contributed by atoms with Gasteiger partial charge in [-0.05, 0) is 32.9 Å². The van der Waals surface area contributed by atoms with Gasteiger partial charge in [-0.3, -0.25) is 15.1 Å². The maximum Gasteiger partial charge on any atom is 0.254 e.